The number of carbonyl (C=O) groups is 1. The summed E-state index contributed by atoms with van der Waals surface area (Å²) in [6.07, 6.45) is 1.44. The van der Waals surface area contributed by atoms with Crippen molar-refractivity contribution in [3.05, 3.63) is 102 Å². The van der Waals surface area contributed by atoms with Gasteiger partial charge in [-0.15, -0.1) is 5.10 Å². The minimum atomic E-state index is -2.87. The van der Waals surface area contributed by atoms with Crippen LogP contribution in [-0.4, -0.2) is 24.3 Å². The Kier molecular flexibility index (Phi) is 6.36. The molecule has 0 radical (unpaired) electrons. The van der Waals surface area contributed by atoms with E-state index in [9.17, 15) is 13.6 Å². The van der Waals surface area contributed by atoms with Crippen molar-refractivity contribution in [2.75, 3.05) is 0 Å². The number of benzene rings is 3. The van der Waals surface area contributed by atoms with Crippen molar-refractivity contribution in [3.63, 3.8) is 0 Å². The number of nitrogens with zero attached hydrogens (tertiary/aromatic N) is 2. The molecule has 0 aliphatic rings. The van der Waals surface area contributed by atoms with Gasteiger partial charge in [0, 0.05) is 11.1 Å². The molecule has 0 fully saturated rings. The van der Waals surface area contributed by atoms with E-state index in [2.05, 4.69) is 14.9 Å². The van der Waals surface area contributed by atoms with Gasteiger partial charge in [-0.1, -0.05) is 60.7 Å². The van der Waals surface area contributed by atoms with Gasteiger partial charge in [0.2, 0.25) is 5.78 Å². The van der Waals surface area contributed by atoms with E-state index in [1.54, 1.807) is 48.5 Å². The van der Waals surface area contributed by atoms with Crippen LogP contribution in [0.5, 0.6) is 5.75 Å². The molecule has 0 bridgehead atoms. The highest BCUT2D eigenvalue weighted by Crippen LogP contribution is 2.14. The van der Waals surface area contributed by atoms with Crippen LogP contribution >= 0.6 is 0 Å². The first-order chi connectivity index (χ1) is 13.6. The molecular formula is C22H16F2N2O2. The predicted molar refractivity (Wildman–Crippen MR) is 104 cm³/mol. The number of ketones is 1. The Labute approximate surface area is 160 Å². The Balaban J connectivity index is 1.85. The highest BCUT2D eigenvalue weighted by molar-refractivity contribution is 6.51. The van der Waals surface area contributed by atoms with Gasteiger partial charge in [0.25, 0.3) is 0 Å². The van der Waals surface area contributed by atoms with E-state index in [1.165, 1.54) is 18.3 Å². The van der Waals surface area contributed by atoms with Crippen LogP contribution in [0, 0.1) is 0 Å². The second-order valence-corrected chi connectivity index (χ2v) is 5.70. The Morgan fingerprint density at radius 3 is 1.96 bits per heavy atom. The molecule has 3 rings (SSSR count). The molecule has 3 aromatic rings. The van der Waals surface area contributed by atoms with E-state index in [0.717, 1.165) is 0 Å². The lowest BCUT2D eigenvalue weighted by atomic mass is 10.0. The summed E-state index contributed by atoms with van der Waals surface area (Å²) >= 11 is 0. The number of rotatable bonds is 7. The standard InChI is InChI=1S/C22H16F2N2O2/c23-22(24)28-19-13-11-16(12-14-19)15-25-26-20(17-7-3-1-4-8-17)21(27)18-9-5-2-6-10-18/h1-15,22H/b25-15+,26-20+. The number of alkyl halides is 2. The third-order valence-corrected chi connectivity index (χ3v) is 3.77. The van der Waals surface area contributed by atoms with Gasteiger partial charge in [-0.25, -0.2) is 0 Å². The lowest BCUT2D eigenvalue weighted by Crippen LogP contribution is -2.15. The maximum atomic E-state index is 12.8. The number of ether oxygens (including phenoxy) is 1. The second kappa shape index (κ2) is 9.32. The number of halogens is 2. The molecule has 0 N–H and O–H groups in total. The van der Waals surface area contributed by atoms with Crippen molar-refractivity contribution in [2.45, 2.75) is 6.61 Å². The molecule has 0 heterocycles. The van der Waals surface area contributed by atoms with E-state index < -0.39 is 6.61 Å². The molecule has 0 spiro atoms. The zero-order valence-electron chi connectivity index (χ0n) is 14.7. The average Bonchev–Trinajstić information content (AvgIpc) is 2.73. The molecule has 0 aliphatic heterocycles. The summed E-state index contributed by atoms with van der Waals surface area (Å²) in [5.41, 5.74) is 1.99. The van der Waals surface area contributed by atoms with Gasteiger partial charge >= 0.3 is 6.61 Å². The third kappa shape index (κ3) is 5.17. The summed E-state index contributed by atoms with van der Waals surface area (Å²) in [5, 5.41) is 8.13. The molecule has 3 aromatic carbocycles. The van der Waals surface area contributed by atoms with Gasteiger partial charge in [0.1, 0.15) is 11.5 Å². The van der Waals surface area contributed by atoms with Gasteiger partial charge in [-0.3, -0.25) is 4.79 Å². The molecule has 140 valence electrons. The predicted octanol–water partition coefficient (Wildman–Crippen LogP) is 4.99. The molecule has 0 aliphatic carbocycles. The van der Waals surface area contributed by atoms with E-state index in [1.807, 2.05) is 24.3 Å². The smallest absolute Gasteiger partial charge is 0.387 e. The quantitative estimate of drug-likeness (QED) is 0.330. The fourth-order valence-electron chi connectivity index (χ4n) is 2.45. The van der Waals surface area contributed by atoms with Crippen LogP contribution < -0.4 is 4.74 Å². The van der Waals surface area contributed by atoms with Gasteiger partial charge in [0.05, 0.1) is 6.21 Å². The average molecular weight is 378 g/mol. The summed E-state index contributed by atoms with van der Waals surface area (Å²) in [7, 11) is 0. The summed E-state index contributed by atoms with van der Waals surface area (Å²) < 4.78 is 28.7. The number of hydrogen-bond donors (Lipinski definition) is 0. The SMILES string of the molecule is O=C(/C(=N/N=C/c1ccc(OC(F)F)cc1)c1ccccc1)c1ccccc1. The van der Waals surface area contributed by atoms with Crippen molar-refractivity contribution < 1.29 is 18.3 Å². The van der Waals surface area contributed by atoms with Crippen LogP contribution in [0.3, 0.4) is 0 Å². The van der Waals surface area contributed by atoms with E-state index >= 15 is 0 Å². The van der Waals surface area contributed by atoms with Gasteiger partial charge < -0.3 is 4.74 Å². The number of Topliss-reactive ketones (excluding diaryl/α,β-unsaturated/α-hetero) is 1. The monoisotopic (exact) mass is 378 g/mol. The molecule has 0 unspecified atom stereocenters. The van der Waals surface area contributed by atoms with Gasteiger partial charge in [-0.2, -0.15) is 13.9 Å². The third-order valence-electron chi connectivity index (χ3n) is 3.77. The molecule has 6 heteroatoms. The van der Waals surface area contributed by atoms with Crippen molar-refractivity contribution in [2.24, 2.45) is 10.2 Å². The molecule has 0 saturated heterocycles. The first-order valence-corrected chi connectivity index (χ1v) is 8.44. The van der Waals surface area contributed by atoms with Crippen LogP contribution in [0.4, 0.5) is 8.78 Å². The summed E-state index contributed by atoms with van der Waals surface area (Å²) in [4.78, 5) is 12.8. The molecular weight excluding hydrogens is 362 g/mol. The zero-order valence-corrected chi connectivity index (χ0v) is 14.7. The summed E-state index contributed by atoms with van der Waals surface area (Å²) in [6.45, 7) is -2.87. The maximum absolute atomic E-state index is 12.8. The molecule has 0 amide bonds. The van der Waals surface area contributed by atoms with Crippen LogP contribution in [0.1, 0.15) is 21.5 Å². The maximum Gasteiger partial charge on any atom is 0.387 e. The first-order valence-electron chi connectivity index (χ1n) is 8.44. The normalized spacial score (nSPS) is 11.8. The highest BCUT2D eigenvalue weighted by Gasteiger charge is 2.16. The second-order valence-electron chi connectivity index (χ2n) is 5.70. The van der Waals surface area contributed by atoms with E-state index in [0.29, 0.717) is 16.7 Å². The van der Waals surface area contributed by atoms with Crippen LogP contribution in [0.2, 0.25) is 0 Å². The van der Waals surface area contributed by atoms with Crippen molar-refractivity contribution in [1.29, 1.82) is 0 Å². The fraction of sp³-hybridized carbons (Fsp3) is 0.0455. The van der Waals surface area contributed by atoms with E-state index in [-0.39, 0.29) is 17.2 Å². The number of hydrogen-bond acceptors (Lipinski definition) is 4. The van der Waals surface area contributed by atoms with Crippen LogP contribution in [0.25, 0.3) is 0 Å². The van der Waals surface area contributed by atoms with Crippen molar-refractivity contribution in [1.82, 2.24) is 0 Å². The van der Waals surface area contributed by atoms with Crippen molar-refractivity contribution >= 4 is 17.7 Å². The molecule has 0 atom stereocenters. The molecule has 0 aromatic heterocycles. The highest BCUT2D eigenvalue weighted by atomic mass is 19.3. The van der Waals surface area contributed by atoms with Gasteiger partial charge in [-0.05, 0) is 29.8 Å². The Morgan fingerprint density at radius 1 is 0.821 bits per heavy atom. The van der Waals surface area contributed by atoms with Crippen molar-refractivity contribution in [3.8, 4) is 5.75 Å². The molecule has 0 saturated carbocycles. The number of carbonyl (C=O) groups excluding carboxylic acids is 1. The zero-order chi connectivity index (χ0) is 19.8. The minimum absolute atomic E-state index is 0.0554. The molecule has 4 nitrogen and oxygen atoms in total. The topological polar surface area (TPSA) is 51.0 Å². The lowest BCUT2D eigenvalue weighted by molar-refractivity contribution is -0.0498. The molecule has 28 heavy (non-hydrogen) atoms. The largest absolute Gasteiger partial charge is 0.435 e. The Hall–Kier alpha value is -3.67. The first kappa shape index (κ1) is 19.1. The van der Waals surface area contributed by atoms with Crippen LogP contribution in [-0.2, 0) is 0 Å². The van der Waals surface area contributed by atoms with Crippen LogP contribution in [0.15, 0.2) is 95.1 Å². The Morgan fingerprint density at radius 2 is 1.39 bits per heavy atom. The summed E-state index contributed by atoms with van der Waals surface area (Å²) in [5.74, 6) is -0.190. The fourth-order valence-corrected chi connectivity index (χ4v) is 2.45. The van der Waals surface area contributed by atoms with Gasteiger partial charge in [0.15, 0.2) is 0 Å². The summed E-state index contributed by atoms with van der Waals surface area (Å²) in [6, 6.07) is 23.8. The Bertz CT molecular complexity index is 970. The minimum Gasteiger partial charge on any atom is -0.435 e. The van der Waals surface area contributed by atoms with E-state index in [4.69, 9.17) is 0 Å². The lowest BCUT2D eigenvalue weighted by Gasteiger charge is -2.05.